The zero-order valence-corrected chi connectivity index (χ0v) is 10.0. The van der Waals surface area contributed by atoms with Gasteiger partial charge in [0.2, 0.25) is 0 Å². The van der Waals surface area contributed by atoms with Crippen molar-refractivity contribution in [1.82, 2.24) is 4.98 Å². The van der Waals surface area contributed by atoms with E-state index in [9.17, 15) is 0 Å². The van der Waals surface area contributed by atoms with E-state index < -0.39 is 48.5 Å². The molecule has 0 unspecified atom stereocenters. The number of pyridine rings is 1. The van der Waals surface area contributed by atoms with Gasteiger partial charge in [0, 0.05) is 17.3 Å². The molecule has 3 aromatic rings. The lowest BCUT2D eigenvalue weighted by molar-refractivity contribution is 1.27. The molecule has 0 saturated carbocycles. The Balaban J connectivity index is 2.38. The molecule has 0 radical (unpaired) electrons. The predicted octanol–water partition coefficient (Wildman–Crippen LogP) is 4.72. The van der Waals surface area contributed by atoms with Crippen molar-refractivity contribution in [2.75, 3.05) is 0 Å². The first kappa shape index (κ1) is 4.61. The molecule has 1 heteroatoms. The molecule has 0 N–H and O–H groups in total. The monoisotopic (exact) mass is 256 g/mol. The average molecular weight is 256 g/mol. The van der Waals surface area contributed by atoms with Crippen LogP contribution < -0.4 is 0 Å². The molecule has 1 heterocycles. The summed E-state index contributed by atoms with van der Waals surface area (Å²) in [7, 11) is 0. The summed E-state index contributed by atoms with van der Waals surface area (Å²) in [6.07, 6.45) is -0.536. The van der Waals surface area contributed by atoms with Crippen LogP contribution in [0.2, 0.25) is 0 Å². The maximum Gasteiger partial charge on any atom is 0.0847 e. The van der Waals surface area contributed by atoms with E-state index in [0.717, 1.165) is 0 Å². The third-order valence-corrected chi connectivity index (χ3v) is 2.50. The van der Waals surface area contributed by atoms with Crippen LogP contribution in [-0.2, 0) is 0 Å². The van der Waals surface area contributed by atoms with Crippen LogP contribution in [0, 0.1) is 6.92 Å². The molecular weight excluding hydrogens is 230 g/mol. The van der Waals surface area contributed by atoms with Crippen LogP contribution in [0.4, 0.5) is 0 Å². The summed E-state index contributed by atoms with van der Waals surface area (Å²) in [4.78, 5) is 4.08. The summed E-state index contributed by atoms with van der Waals surface area (Å²) in [6.45, 7) is 1.46. The lowest BCUT2D eigenvalue weighted by Gasteiger charge is -2.08. The van der Waals surface area contributed by atoms with E-state index in [1.807, 2.05) is 0 Å². The molecule has 0 bridgehead atoms. The highest BCUT2D eigenvalue weighted by atomic mass is 14.7. The first-order valence-electron chi connectivity index (χ1n) is 11.0. The first-order chi connectivity index (χ1) is 13.9. The fourth-order valence-corrected chi connectivity index (χ4v) is 1.63. The number of benzene rings is 2. The molecule has 92 valence electrons. The molecule has 2 aromatic carbocycles. The van der Waals surface area contributed by atoms with Crippen molar-refractivity contribution < 1.29 is 15.1 Å². The topological polar surface area (TPSA) is 12.9 Å². The molecule has 3 rings (SSSR count). The summed E-state index contributed by atoms with van der Waals surface area (Å²) >= 11 is 0. The largest absolute Gasteiger partial charge is 0.255 e. The lowest BCUT2D eigenvalue weighted by atomic mass is 10.0. The van der Waals surface area contributed by atoms with Gasteiger partial charge >= 0.3 is 0 Å². The van der Waals surface area contributed by atoms with E-state index in [0.29, 0.717) is 0 Å². The van der Waals surface area contributed by atoms with Crippen LogP contribution in [0.3, 0.4) is 0 Å². The average Bonchev–Trinajstić information content (AvgIpc) is 2.71. The normalized spacial score (nSPS) is 18.5. The minimum absolute atomic E-state index is 0.00637. The molecule has 19 heavy (non-hydrogen) atoms. The summed E-state index contributed by atoms with van der Waals surface area (Å²) in [5, 5.41) is 0. The second kappa shape index (κ2) is 5.07. The summed E-state index contributed by atoms with van der Waals surface area (Å²) < 4.78 is 87.7. The highest BCUT2D eigenvalue weighted by molar-refractivity contribution is 5.69. The first-order valence-corrected chi connectivity index (χ1v) is 5.52. The van der Waals surface area contributed by atoms with Gasteiger partial charge in [-0.3, -0.25) is 4.98 Å². The van der Waals surface area contributed by atoms with Gasteiger partial charge in [-0.1, -0.05) is 60.4 Å². The van der Waals surface area contributed by atoms with Crippen molar-refractivity contribution in [1.29, 1.82) is 0 Å². The van der Waals surface area contributed by atoms with Crippen LogP contribution in [0.25, 0.3) is 22.4 Å². The van der Waals surface area contributed by atoms with E-state index in [2.05, 4.69) is 4.98 Å². The second-order valence-corrected chi connectivity index (χ2v) is 3.77. The van der Waals surface area contributed by atoms with Crippen molar-refractivity contribution in [2.45, 2.75) is 6.92 Å². The van der Waals surface area contributed by atoms with Crippen molar-refractivity contribution in [3.63, 3.8) is 0 Å². The standard InChI is InChI=1S/C18H15N/c1-14-12-17(15-8-4-2-5-9-15)13-19-18(14)16-10-6-3-7-11-16/h2-13H,1H3/i2D,3D,4D,5D,6D,7D,8D,9D,10D,12D,13D. The van der Waals surface area contributed by atoms with Gasteiger partial charge in [0.05, 0.1) is 20.8 Å². The van der Waals surface area contributed by atoms with Crippen LogP contribution in [-0.4, -0.2) is 4.98 Å². The zero-order chi connectivity index (χ0) is 22.7. The van der Waals surface area contributed by atoms with E-state index in [1.165, 1.54) is 13.0 Å². The van der Waals surface area contributed by atoms with Gasteiger partial charge in [-0.05, 0) is 24.1 Å². The Kier molecular flexibility index (Phi) is 1.23. The number of hydrogen-bond donors (Lipinski definition) is 0. The molecular formula is C18H15N. The van der Waals surface area contributed by atoms with E-state index in [1.54, 1.807) is 0 Å². The third-order valence-electron chi connectivity index (χ3n) is 2.50. The molecule has 0 aliphatic rings. The van der Waals surface area contributed by atoms with Gasteiger partial charge in [-0.25, -0.2) is 0 Å². The molecule has 0 spiro atoms. The fourth-order valence-electron chi connectivity index (χ4n) is 1.63. The number of nitrogens with zero attached hydrogens (tertiary/aromatic N) is 1. The Bertz CT molecular complexity index is 1190. The Hall–Kier alpha value is -2.41. The molecule has 0 aliphatic heterocycles. The van der Waals surface area contributed by atoms with Gasteiger partial charge in [-0.15, -0.1) is 0 Å². The number of rotatable bonds is 2. The van der Waals surface area contributed by atoms with Crippen molar-refractivity contribution in [3.05, 3.63) is 78.2 Å². The maximum atomic E-state index is 8.48. The van der Waals surface area contributed by atoms with Crippen molar-refractivity contribution in [3.8, 4) is 22.4 Å². The lowest BCUT2D eigenvalue weighted by Crippen LogP contribution is -1.89. The van der Waals surface area contributed by atoms with E-state index >= 15 is 0 Å². The Morgan fingerprint density at radius 3 is 2.32 bits per heavy atom. The predicted molar refractivity (Wildman–Crippen MR) is 79.8 cm³/mol. The van der Waals surface area contributed by atoms with E-state index in [-0.39, 0.29) is 46.1 Å². The second-order valence-electron chi connectivity index (χ2n) is 3.77. The maximum absolute atomic E-state index is 8.48. The van der Waals surface area contributed by atoms with Crippen LogP contribution >= 0.6 is 0 Å². The quantitative estimate of drug-likeness (QED) is 0.646. The fraction of sp³-hybridized carbons (Fsp3) is 0.0556. The molecule has 0 aliphatic carbocycles. The molecule has 1 nitrogen and oxygen atoms in total. The summed E-state index contributed by atoms with van der Waals surface area (Å²) in [6, 6.07) is -3.61. The van der Waals surface area contributed by atoms with Crippen LogP contribution in [0.5, 0.6) is 0 Å². The molecule has 1 aromatic heterocycles. The minimum Gasteiger partial charge on any atom is -0.255 e. The number of hydrogen-bond acceptors (Lipinski definition) is 1. The van der Waals surface area contributed by atoms with Gasteiger partial charge in [0.25, 0.3) is 0 Å². The van der Waals surface area contributed by atoms with Crippen molar-refractivity contribution >= 4 is 0 Å². The van der Waals surface area contributed by atoms with Gasteiger partial charge in [-0.2, -0.15) is 0 Å². The Labute approximate surface area is 129 Å². The smallest absolute Gasteiger partial charge is 0.0847 e. The molecule has 0 atom stereocenters. The summed E-state index contributed by atoms with van der Waals surface area (Å²) in [5.41, 5.74) is -0.402. The molecule has 0 amide bonds. The van der Waals surface area contributed by atoms with Gasteiger partial charge < -0.3 is 0 Å². The minimum atomic E-state index is -0.594. The SMILES string of the molecule is [2H]c1cc(-c2nc([2H])c(-c3c([2H])c([2H])c([2H])c([2H])c3[2H])c([2H])c2C)c([2H])c([2H])c1[2H]. The molecule has 0 fully saturated rings. The van der Waals surface area contributed by atoms with Gasteiger partial charge in [0.1, 0.15) is 0 Å². The Morgan fingerprint density at radius 1 is 0.842 bits per heavy atom. The number of aromatic nitrogens is 1. The van der Waals surface area contributed by atoms with Crippen LogP contribution in [0.15, 0.2) is 72.7 Å². The van der Waals surface area contributed by atoms with E-state index in [4.69, 9.17) is 15.1 Å². The molecule has 0 saturated heterocycles. The van der Waals surface area contributed by atoms with Gasteiger partial charge in [0.15, 0.2) is 0 Å². The zero-order valence-electron chi connectivity index (χ0n) is 21.0. The summed E-state index contributed by atoms with van der Waals surface area (Å²) in [5.74, 6) is 0. The van der Waals surface area contributed by atoms with Crippen molar-refractivity contribution in [2.24, 2.45) is 0 Å². The van der Waals surface area contributed by atoms with Crippen LogP contribution in [0.1, 0.15) is 20.6 Å². The highest BCUT2D eigenvalue weighted by Crippen LogP contribution is 2.25. The third kappa shape index (κ3) is 2.41. The Morgan fingerprint density at radius 2 is 1.53 bits per heavy atom. The highest BCUT2D eigenvalue weighted by Gasteiger charge is 2.05.